The molecule has 2 heterocycles. The molecule has 7 nitrogen and oxygen atoms in total. The van der Waals surface area contributed by atoms with E-state index >= 15 is 0 Å². The molecule has 8 heteroatoms. The zero-order valence-electron chi connectivity index (χ0n) is 17.1. The molecule has 154 valence electrons. The summed E-state index contributed by atoms with van der Waals surface area (Å²) < 4.78 is 10.0. The Morgan fingerprint density at radius 3 is 2.50 bits per heavy atom. The highest BCUT2D eigenvalue weighted by Crippen LogP contribution is 2.30. The van der Waals surface area contributed by atoms with Crippen LogP contribution in [0.5, 0.6) is 11.8 Å². The Labute approximate surface area is 177 Å². The lowest BCUT2D eigenvalue weighted by molar-refractivity contribution is 0.427. The number of imidazole rings is 1. The summed E-state index contributed by atoms with van der Waals surface area (Å²) in [7, 11) is 3.27. The quantitative estimate of drug-likeness (QED) is 0.502. The summed E-state index contributed by atoms with van der Waals surface area (Å²) in [4.78, 5) is 30.5. The number of fused-ring (bicyclic) bond motifs is 1. The van der Waals surface area contributed by atoms with E-state index in [4.69, 9.17) is 16.3 Å². The third-order valence-corrected chi connectivity index (χ3v) is 5.51. The second kappa shape index (κ2) is 7.50. The van der Waals surface area contributed by atoms with E-state index in [1.165, 1.54) is 9.13 Å². The highest BCUT2D eigenvalue weighted by molar-refractivity contribution is 6.32. The maximum absolute atomic E-state index is 13.2. The van der Waals surface area contributed by atoms with Gasteiger partial charge >= 0.3 is 11.7 Å². The van der Waals surface area contributed by atoms with E-state index in [0.717, 1.165) is 16.7 Å². The van der Waals surface area contributed by atoms with Gasteiger partial charge in [0.1, 0.15) is 5.75 Å². The molecule has 2 aromatic carbocycles. The molecule has 4 aromatic rings. The van der Waals surface area contributed by atoms with E-state index < -0.39 is 11.2 Å². The average molecular weight is 425 g/mol. The SMILES string of the molecule is Cc1ccc(Cl)c(Oc2nc3c(c(=O)n(Cc4ccccc4C)c(=O)n3C)n2C)c1. The molecule has 0 N–H and O–H groups in total. The van der Waals surface area contributed by atoms with Crippen LogP contribution in [0.1, 0.15) is 16.7 Å². The summed E-state index contributed by atoms with van der Waals surface area (Å²) in [6.07, 6.45) is 0. The van der Waals surface area contributed by atoms with Crippen molar-refractivity contribution in [3.05, 3.63) is 85.0 Å². The van der Waals surface area contributed by atoms with Gasteiger partial charge < -0.3 is 4.74 Å². The summed E-state index contributed by atoms with van der Waals surface area (Å²) >= 11 is 6.23. The van der Waals surface area contributed by atoms with Gasteiger partial charge in [-0.1, -0.05) is 41.9 Å². The maximum Gasteiger partial charge on any atom is 0.332 e. The molecule has 4 rings (SSSR count). The molecular formula is C22H21ClN4O3. The first-order valence-electron chi connectivity index (χ1n) is 9.42. The number of rotatable bonds is 4. The predicted molar refractivity (Wildman–Crippen MR) is 117 cm³/mol. The van der Waals surface area contributed by atoms with Crippen molar-refractivity contribution in [2.24, 2.45) is 14.1 Å². The first-order chi connectivity index (χ1) is 14.3. The molecule has 0 saturated carbocycles. The maximum atomic E-state index is 13.2. The smallest absolute Gasteiger partial charge is 0.332 e. The first-order valence-corrected chi connectivity index (χ1v) is 9.80. The van der Waals surface area contributed by atoms with Crippen molar-refractivity contribution in [1.82, 2.24) is 18.7 Å². The standard InChI is InChI=1S/C22H21ClN4O3/c1-13-9-10-16(23)17(11-13)30-21-24-19-18(25(21)3)20(28)27(22(29)26(19)4)12-15-8-6-5-7-14(15)2/h5-11H,12H2,1-4H3. The number of halogens is 1. The van der Waals surface area contributed by atoms with Gasteiger partial charge in [0, 0.05) is 14.1 Å². The lowest BCUT2D eigenvalue weighted by Gasteiger charge is -2.10. The molecule has 0 saturated heterocycles. The predicted octanol–water partition coefficient (Wildman–Crippen LogP) is 3.54. The van der Waals surface area contributed by atoms with Crippen molar-refractivity contribution >= 4 is 22.8 Å². The molecular weight excluding hydrogens is 404 g/mol. The summed E-state index contributed by atoms with van der Waals surface area (Å²) in [5, 5.41) is 0.429. The van der Waals surface area contributed by atoms with Crippen LogP contribution < -0.4 is 16.0 Å². The number of ether oxygens (including phenoxy) is 1. The van der Waals surface area contributed by atoms with Crippen LogP contribution in [0.15, 0.2) is 52.1 Å². The Morgan fingerprint density at radius 1 is 1.03 bits per heavy atom. The summed E-state index contributed by atoms with van der Waals surface area (Å²) in [6, 6.07) is 13.2. The highest BCUT2D eigenvalue weighted by Gasteiger charge is 2.20. The molecule has 0 spiro atoms. The second-order valence-corrected chi connectivity index (χ2v) is 7.73. The van der Waals surface area contributed by atoms with Gasteiger partial charge in [-0.15, -0.1) is 0 Å². The Hall–Kier alpha value is -3.32. The third-order valence-electron chi connectivity index (χ3n) is 5.20. The Bertz CT molecular complexity index is 1400. The fraction of sp³-hybridized carbons (Fsp3) is 0.227. The van der Waals surface area contributed by atoms with Crippen molar-refractivity contribution in [3.63, 3.8) is 0 Å². The van der Waals surface area contributed by atoms with Gasteiger partial charge in [-0.3, -0.25) is 18.5 Å². The van der Waals surface area contributed by atoms with E-state index in [1.807, 2.05) is 44.2 Å². The summed E-state index contributed by atoms with van der Waals surface area (Å²) in [5.74, 6) is 0.431. The third kappa shape index (κ3) is 3.31. The molecule has 0 aliphatic heterocycles. The van der Waals surface area contributed by atoms with Crippen LogP contribution >= 0.6 is 11.6 Å². The second-order valence-electron chi connectivity index (χ2n) is 7.32. The first kappa shape index (κ1) is 20.0. The lowest BCUT2D eigenvalue weighted by Crippen LogP contribution is -2.40. The summed E-state index contributed by atoms with van der Waals surface area (Å²) in [6.45, 7) is 4.05. The van der Waals surface area contributed by atoms with E-state index in [1.54, 1.807) is 30.8 Å². The molecule has 0 fully saturated rings. The van der Waals surface area contributed by atoms with Crippen LogP contribution in [0.3, 0.4) is 0 Å². The van der Waals surface area contributed by atoms with Crippen molar-refractivity contribution in [1.29, 1.82) is 0 Å². The topological polar surface area (TPSA) is 71.1 Å². The number of aromatic nitrogens is 4. The van der Waals surface area contributed by atoms with Gasteiger partial charge in [-0.25, -0.2) is 4.79 Å². The van der Waals surface area contributed by atoms with E-state index in [-0.39, 0.29) is 23.7 Å². The number of nitrogens with zero attached hydrogens (tertiary/aromatic N) is 4. The minimum Gasteiger partial charge on any atom is -0.424 e. The van der Waals surface area contributed by atoms with Gasteiger partial charge in [0.05, 0.1) is 11.6 Å². The van der Waals surface area contributed by atoms with Gasteiger partial charge in [0.15, 0.2) is 11.2 Å². The normalized spacial score (nSPS) is 11.2. The monoisotopic (exact) mass is 424 g/mol. The number of hydrogen-bond donors (Lipinski definition) is 0. The number of aryl methyl sites for hydroxylation is 4. The Balaban J connectivity index is 1.87. The fourth-order valence-corrected chi connectivity index (χ4v) is 3.56. The van der Waals surface area contributed by atoms with Crippen LogP contribution in [0, 0.1) is 13.8 Å². The van der Waals surface area contributed by atoms with Crippen LogP contribution in [0.4, 0.5) is 0 Å². The van der Waals surface area contributed by atoms with Gasteiger partial charge in [0.25, 0.3) is 5.56 Å². The van der Waals surface area contributed by atoms with Gasteiger partial charge in [-0.2, -0.15) is 4.98 Å². The number of benzene rings is 2. The Kier molecular flexibility index (Phi) is 4.99. The Morgan fingerprint density at radius 2 is 1.77 bits per heavy atom. The van der Waals surface area contributed by atoms with Crippen molar-refractivity contribution < 1.29 is 4.74 Å². The molecule has 0 atom stereocenters. The molecule has 2 aromatic heterocycles. The average Bonchev–Trinajstić information content (AvgIpc) is 3.04. The van der Waals surface area contributed by atoms with Gasteiger partial charge in [0.2, 0.25) is 0 Å². The zero-order valence-corrected chi connectivity index (χ0v) is 17.9. The molecule has 0 aliphatic carbocycles. The number of hydrogen-bond acceptors (Lipinski definition) is 4. The van der Waals surface area contributed by atoms with Crippen LogP contribution in [0.2, 0.25) is 5.02 Å². The van der Waals surface area contributed by atoms with Crippen LogP contribution in [-0.4, -0.2) is 18.7 Å². The molecule has 0 aliphatic rings. The van der Waals surface area contributed by atoms with Crippen LogP contribution in [0.25, 0.3) is 11.2 Å². The van der Waals surface area contributed by atoms with E-state index in [9.17, 15) is 9.59 Å². The highest BCUT2D eigenvalue weighted by atomic mass is 35.5. The summed E-state index contributed by atoms with van der Waals surface area (Å²) in [5.41, 5.74) is 2.57. The lowest BCUT2D eigenvalue weighted by atomic mass is 10.1. The van der Waals surface area contributed by atoms with E-state index in [0.29, 0.717) is 10.8 Å². The molecule has 0 radical (unpaired) electrons. The van der Waals surface area contributed by atoms with Crippen molar-refractivity contribution in [3.8, 4) is 11.8 Å². The van der Waals surface area contributed by atoms with E-state index in [2.05, 4.69) is 4.98 Å². The minimum absolute atomic E-state index is 0.179. The molecule has 0 bridgehead atoms. The molecule has 30 heavy (non-hydrogen) atoms. The van der Waals surface area contributed by atoms with Gasteiger partial charge in [-0.05, 0) is 42.7 Å². The molecule has 0 amide bonds. The van der Waals surface area contributed by atoms with Crippen molar-refractivity contribution in [2.75, 3.05) is 0 Å². The van der Waals surface area contributed by atoms with Crippen LogP contribution in [-0.2, 0) is 20.6 Å². The van der Waals surface area contributed by atoms with Crippen molar-refractivity contribution in [2.45, 2.75) is 20.4 Å². The minimum atomic E-state index is -0.436. The zero-order chi connectivity index (χ0) is 21.6. The largest absolute Gasteiger partial charge is 0.424 e. The fourth-order valence-electron chi connectivity index (χ4n) is 3.40. The molecule has 0 unspecified atom stereocenters.